The average molecular weight is 499 g/mol. The lowest BCUT2D eigenvalue weighted by atomic mass is 10.1. The number of carbonyl (C=O) groups excluding carboxylic acids is 1. The molecule has 0 saturated carbocycles. The maximum atomic E-state index is 12.2. The minimum atomic E-state index is -0.511. The second-order valence-corrected chi connectivity index (χ2v) is 8.95. The number of amides is 1. The van der Waals surface area contributed by atoms with Crippen LogP contribution in [-0.4, -0.2) is 19.0 Å². The van der Waals surface area contributed by atoms with Gasteiger partial charge in [0, 0.05) is 28.9 Å². The Balaban J connectivity index is 1.68. The first kappa shape index (κ1) is 25.2. The molecule has 1 N–H and O–H groups in total. The molecular formula is C30H30N2O3S. The zero-order chi connectivity index (χ0) is 25.2. The normalized spacial score (nSPS) is 10.5. The molecule has 0 atom stereocenters. The Morgan fingerprint density at radius 2 is 1.53 bits per heavy atom. The number of anilines is 3. The van der Waals surface area contributed by atoms with Gasteiger partial charge in [-0.2, -0.15) is 0 Å². The molecule has 36 heavy (non-hydrogen) atoms. The standard InChI is InChI=1S/C30H30N2O3S/c1-3-34-30(33)31-28-19-16-26(20-29(28)35-22-24-10-6-4-7-11-24)32(25-12-8-5-9-13-25)21-23-14-17-27(36-2)18-15-23/h4-20H,3,21-22H2,1-2H3,(H,31,33). The molecule has 0 radical (unpaired) electrons. The number of hydrogen-bond acceptors (Lipinski definition) is 5. The van der Waals surface area contributed by atoms with E-state index in [4.69, 9.17) is 9.47 Å². The van der Waals surface area contributed by atoms with Crippen molar-refractivity contribution in [1.29, 1.82) is 0 Å². The quantitative estimate of drug-likeness (QED) is 0.225. The summed E-state index contributed by atoms with van der Waals surface area (Å²) in [5.74, 6) is 0.572. The van der Waals surface area contributed by atoms with Gasteiger partial charge in [0.2, 0.25) is 0 Å². The highest BCUT2D eigenvalue weighted by Crippen LogP contribution is 2.35. The summed E-state index contributed by atoms with van der Waals surface area (Å²) in [4.78, 5) is 15.6. The van der Waals surface area contributed by atoms with Gasteiger partial charge in [-0.25, -0.2) is 4.79 Å². The van der Waals surface area contributed by atoms with Crippen LogP contribution in [-0.2, 0) is 17.9 Å². The molecular weight excluding hydrogens is 468 g/mol. The minimum Gasteiger partial charge on any atom is -0.487 e. The van der Waals surface area contributed by atoms with Crippen LogP contribution in [0.3, 0.4) is 0 Å². The van der Waals surface area contributed by atoms with Crippen molar-refractivity contribution in [3.05, 3.63) is 114 Å². The molecule has 5 nitrogen and oxygen atoms in total. The summed E-state index contributed by atoms with van der Waals surface area (Å²) >= 11 is 1.73. The molecule has 4 rings (SSSR count). The van der Waals surface area contributed by atoms with Gasteiger partial charge in [-0.05, 0) is 60.7 Å². The van der Waals surface area contributed by atoms with Crippen LogP contribution in [0, 0.1) is 0 Å². The maximum Gasteiger partial charge on any atom is 0.411 e. The summed E-state index contributed by atoms with van der Waals surface area (Å²) in [6.45, 7) is 3.13. The van der Waals surface area contributed by atoms with Crippen LogP contribution in [0.5, 0.6) is 5.75 Å². The number of hydrogen-bond donors (Lipinski definition) is 1. The number of nitrogens with zero attached hydrogens (tertiary/aromatic N) is 1. The van der Waals surface area contributed by atoms with E-state index in [1.165, 1.54) is 10.5 Å². The molecule has 0 aliphatic rings. The topological polar surface area (TPSA) is 50.8 Å². The van der Waals surface area contributed by atoms with E-state index < -0.39 is 6.09 Å². The van der Waals surface area contributed by atoms with Crippen molar-refractivity contribution in [2.24, 2.45) is 0 Å². The molecule has 0 aromatic heterocycles. The second kappa shape index (κ2) is 12.7. The molecule has 0 aliphatic heterocycles. The summed E-state index contributed by atoms with van der Waals surface area (Å²) in [7, 11) is 0. The van der Waals surface area contributed by atoms with Gasteiger partial charge in [0.1, 0.15) is 12.4 Å². The van der Waals surface area contributed by atoms with E-state index in [2.05, 4.69) is 52.9 Å². The van der Waals surface area contributed by atoms with Crippen molar-refractivity contribution in [1.82, 2.24) is 0 Å². The Labute approximate surface area is 217 Å². The lowest BCUT2D eigenvalue weighted by Gasteiger charge is -2.26. The van der Waals surface area contributed by atoms with Gasteiger partial charge < -0.3 is 14.4 Å². The summed E-state index contributed by atoms with van der Waals surface area (Å²) in [6, 6.07) is 34.6. The van der Waals surface area contributed by atoms with E-state index in [0.717, 1.165) is 16.9 Å². The van der Waals surface area contributed by atoms with E-state index in [9.17, 15) is 4.79 Å². The first-order chi connectivity index (χ1) is 17.7. The Morgan fingerprint density at radius 1 is 0.833 bits per heavy atom. The van der Waals surface area contributed by atoms with Crippen molar-refractivity contribution in [2.75, 3.05) is 23.1 Å². The number of thioether (sulfide) groups is 1. The second-order valence-electron chi connectivity index (χ2n) is 8.07. The third kappa shape index (κ3) is 6.83. The van der Waals surface area contributed by atoms with Gasteiger partial charge in [0.25, 0.3) is 0 Å². The average Bonchev–Trinajstić information content (AvgIpc) is 2.93. The molecule has 6 heteroatoms. The van der Waals surface area contributed by atoms with Crippen LogP contribution in [0.1, 0.15) is 18.1 Å². The third-order valence-electron chi connectivity index (χ3n) is 5.59. The van der Waals surface area contributed by atoms with Crippen molar-refractivity contribution < 1.29 is 14.3 Å². The Hall–Kier alpha value is -3.90. The van der Waals surface area contributed by atoms with E-state index in [1.54, 1.807) is 18.7 Å². The highest BCUT2D eigenvalue weighted by atomic mass is 32.2. The van der Waals surface area contributed by atoms with E-state index in [0.29, 0.717) is 31.2 Å². The van der Waals surface area contributed by atoms with E-state index in [-0.39, 0.29) is 0 Å². The number of rotatable bonds is 10. The first-order valence-electron chi connectivity index (χ1n) is 11.9. The zero-order valence-electron chi connectivity index (χ0n) is 20.5. The molecule has 4 aromatic carbocycles. The van der Waals surface area contributed by atoms with Crippen LogP contribution >= 0.6 is 11.8 Å². The minimum absolute atomic E-state index is 0.293. The molecule has 1 amide bonds. The monoisotopic (exact) mass is 498 g/mol. The van der Waals surface area contributed by atoms with Crippen LogP contribution in [0.2, 0.25) is 0 Å². The number of benzene rings is 4. The summed E-state index contributed by atoms with van der Waals surface area (Å²) in [5.41, 5.74) is 4.81. The Morgan fingerprint density at radius 3 is 2.19 bits per heavy atom. The van der Waals surface area contributed by atoms with Crippen LogP contribution in [0.15, 0.2) is 108 Å². The molecule has 0 saturated heterocycles. The molecule has 0 heterocycles. The van der Waals surface area contributed by atoms with Crippen LogP contribution < -0.4 is 15.0 Å². The number of para-hydroxylation sites is 1. The molecule has 0 spiro atoms. The molecule has 0 bridgehead atoms. The lowest BCUT2D eigenvalue weighted by Crippen LogP contribution is -2.18. The first-order valence-corrected chi connectivity index (χ1v) is 13.1. The summed E-state index contributed by atoms with van der Waals surface area (Å²) < 4.78 is 11.3. The molecule has 0 aliphatic carbocycles. The SMILES string of the molecule is CCOC(=O)Nc1ccc(N(Cc2ccc(SC)cc2)c2ccccc2)cc1OCc1ccccc1. The fraction of sp³-hybridized carbons (Fsp3) is 0.167. The van der Waals surface area contributed by atoms with Crippen LogP contribution in [0.4, 0.5) is 21.9 Å². The summed E-state index contributed by atoms with van der Waals surface area (Å²) in [5, 5.41) is 2.81. The molecule has 0 unspecified atom stereocenters. The maximum absolute atomic E-state index is 12.2. The fourth-order valence-corrected chi connectivity index (χ4v) is 4.18. The van der Waals surface area contributed by atoms with Gasteiger partial charge in [0.05, 0.1) is 12.3 Å². The van der Waals surface area contributed by atoms with Crippen molar-refractivity contribution in [3.8, 4) is 5.75 Å². The van der Waals surface area contributed by atoms with Gasteiger partial charge in [0.15, 0.2) is 0 Å². The lowest BCUT2D eigenvalue weighted by molar-refractivity contribution is 0.167. The smallest absolute Gasteiger partial charge is 0.411 e. The van der Waals surface area contributed by atoms with Gasteiger partial charge in [-0.1, -0.05) is 60.7 Å². The molecule has 4 aromatic rings. The molecule has 184 valence electrons. The highest BCUT2D eigenvalue weighted by molar-refractivity contribution is 7.98. The van der Waals surface area contributed by atoms with Crippen molar-refractivity contribution in [2.45, 2.75) is 25.0 Å². The summed E-state index contributed by atoms with van der Waals surface area (Å²) in [6.07, 6.45) is 1.57. The third-order valence-corrected chi connectivity index (χ3v) is 6.34. The molecule has 0 fully saturated rings. The van der Waals surface area contributed by atoms with Gasteiger partial charge in [-0.3, -0.25) is 5.32 Å². The van der Waals surface area contributed by atoms with E-state index >= 15 is 0 Å². The Kier molecular flexibility index (Phi) is 8.89. The van der Waals surface area contributed by atoms with Crippen LogP contribution in [0.25, 0.3) is 0 Å². The Bertz CT molecular complexity index is 1250. The number of nitrogens with one attached hydrogen (secondary N) is 1. The van der Waals surface area contributed by atoms with E-state index in [1.807, 2.05) is 66.7 Å². The fourth-order valence-electron chi connectivity index (χ4n) is 3.77. The van der Waals surface area contributed by atoms with Crippen molar-refractivity contribution in [3.63, 3.8) is 0 Å². The predicted molar refractivity (Wildman–Crippen MR) is 148 cm³/mol. The van der Waals surface area contributed by atoms with Gasteiger partial charge >= 0.3 is 6.09 Å². The van der Waals surface area contributed by atoms with Crippen molar-refractivity contribution >= 4 is 34.9 Å². The largest absolute Gasteiger partial charge is 0.487 e. The van der Waals surface area contributed by atoms with Gasteiger partial charge in [-0.15, -0.1) is 11.8 Å². The predicted octanol–water partition coefficient (Wildman–Crippen LogP) is 7.89. The zero-order valence-corrected chi connectivity index (χ0v) is 21.3. The highest BCUT2D eigenvalue weighted by Gasteiger charge is 2.16. The number of carbonyl (C=O) groups is 1. The number of ether oxygens (including phenoxy) is 2.